The van der Waals surface area contributed by atoms with Gasteiger partial charge in [-0.15, -0.1) is 10.2 Å². The van der Waals surface area contributed by atoms with Crippen molar-refractivity contribution in [2.75, 3.05) is 0 Å². The largest absolute Gasteiger partial charge is 0.340 e. The number of rotatable bonds is 12. The lowest BCUT2D eigenvalue weighted by molar-refractivity contribution is -0.302. The molecule has 3 saturated carbocycles. The van der Waals surface area contributed by atoms with Crippen molar-refractivity contribution in [3.05, 3.63) is 65.7 Å². The summed E-state index contributed by atoms with van der Waals surface area (Å²) >= 11 is 0. The Labute approximate surface area is 279 Å². The van der Waals surface area contributed by atoms with E-state index in [1.54, 1.807) is 0 Å². The first-order valence-corrected chi connectivity index (χ1v) is 18.4. The van der Waals surface area contributed by atoms with Gasteiger partial charge in [0, 0.05) is 18.4 Å². The van der Waals surface area contributed by atoms with Gasteiger partial charge in [0.15, 0.2) is 5.82 Å². The van der Waals surface area contributed by atoms with E-state index in [1.807, 2.05) is 12.1 Å². The zero-order valence-electron chi connectivity index (χ0n) is 28.1. The third kappa shape index (κ3) is 7.51. The maximum absolute atomic E-state index is 7.14. The Hall–Kier alpha value is -3.43. The van der Waals surface area contributed by atoms with Gasteiger partial charge in [-0.2, -0.15) is 0 Å². The molecule has 2 aromatic carbocycles. The number of aromatic nitrogens is 7. The van der Waals surface area contributed by atoms with Gasteiger partial charge < -0.3 is 9.47 Å². The third-order valence-corrected chi connectivity index (χ3v) is 10.5. The monoisotopic (exact) mass is 637 g/mol. The van der Waals surface area contributed by atoms with Crippen molar-refractivity contribution in [2.24, 2.45) is 0 Å². The second-order valence-corrected chi connectivity index (χ2v) is 14.0. The molecule has 7 rings (SSSR count). The van der Waals surface area contributed by atoms with Gasteiger partial charge in [-0.25, -0.2) is 14.8 Å². The zero-order valence-corrected chi connectivity index (χ0v) is 28.1. The summed E-state index contributed by atoms with van der Waals surface area (Å²) < 4.78 is 16.6. The van der Waals surface area contributed by atoms with Gasteiger partial charge in [0.1, 0.15) is 5.82 Å². The Morgan fingerprint density at radius 3 is 1.98 bits per heavy atom. The van der Waals surface area contributed by atoms with Gasteiger partial charge in [-0.1, -0.05) is 120 Å². The molecule has 3 fully saturated rings. The predicted octanol–water partition coefficient (Wildman–Crippen LogP) is 8.87. The van der Waals surface area contributed by atoms with Gasteiger partial charge in [0.2, 0.25) is 11.6 Å². The summed E-state index contributed by atoms with van der Waals surface area (Å²) in [5.41, 5.74) is 4.41. The number of tetrazole rings is 1. The van der Waals surface area contributed by atoms with Crippen molar-refractivity contribution in [1.82, 2.24) is 35.4 Å². The number of nitrogens with zero attached hydrogens (tertiary/aromatic N) is 6. The van der Waals surface area contributed by atoms with E-state index in [2.05, 4.69) is 68.6 Å². The summed E-state index contributed by atoms with van der Waals surface area (Å²) in [5, 5.41) is 20.0. The van der Waals surface area contributed by atoms with E-state index in [1.165, 1.54) is 63.4 Å². The molecule has 0 radical (unpaired) electrons. The minimum absolute atomic E-state index is 0.201. The van der Waals surface area contributed by atoms with Crippen LogP contribution in [0.15, 0.2) is 48.5 Å². The molecule has 3 aliphatic rings. The van der Waals surface area contributed by atoms with E-state index >= 15 is 0 Å². The Morgan fingerprint density at radius 2 is 1.38 bits per heavy atom. The van der Waals surface area contributed by atoms with Crippen molar-refractivity contribution in [1.29, 1.82) is 0 Å². The molecule has 0 unspecified atom stereocenters. The van der Waals surface area contributed by atoms with Crippen LogP contribution in [0, 0.1) is 0 Å². The smallest absolute Gasteiger partial charge is 0.232 e. The van der Waals surface area contributed by atoms with Crippen LogP contribution in [-0.4, -0.2) is 47.6 Å². The molecule has 250 valence electrons. The van der Waals surface area contributed by atoms with Crippen LogP contribution < -0.4 is 0 Å². The van der Waals surface area contributed by atoms with Crippen molar-refractivity contribution >= 4 is 0 Å². The Bertz CT molecular complexity index is 1510. The Morgan fingerprint density at radius 1 is 0.766 bits per heavy atom. The molecule has 0 bridgehead atoms. The topological polar surface area (TPSA) is 104 Å². The molecular weight excluding hydrogens is 586 g/mol. The van der Waals surface area contributed by atoms with Crippen LogP contribution in [0.5, 0.6) is 0 Å². The van der Waals surface area contributed by atoms with Gasteiger partial charge >= 0.3 is 0 Å². The molecule has 2 heterocycles. The first-order chi connectivity index (χ1) is 23.2. The molecule has 0 aliphatic heterocycles. The quantitative estimate of drug-likeness (QED) is 0.155. The highest BCUT2D eigenvalue weighted by molar-refractivity contribution is 5.80. The van der Waals surface area contributed by atoms with E-state index < -0.39 is 5.79 Å². The first kappa shape index (κ1) is 32.1. The molecule has 9 nitrogen and oxygen atoms in total. The maximum atomic E-state index is 7.14. The number of nitrogens with one attached hydrogen (secondary N) is 1. The second kappa shape index (κ2) is 15.2. The lowest BCUT2D eigenvalue weighted by Crippen LogP contribution is -2.42. The van der Waals surface area contributed by atoms with Crippen molar-refractivity contribution in [3.8, 4) is 22.5 Å². The highest BCUT2D eigenvalue weighted by Gasteiger charge is 2.44. The van der Waals surface area contributed by atoms with Gasteiger partial charge in [0.05, 0.1) is 18.2 Å². The van der Waals surface area contributed by atoms with Crippen LogP contribution in [0.1, 0.15) is 139 Å². The molecule has 1 N–H and O–H groups in total. The van der Waals surface area contributed by atoms with E-state index in [9.17, 15) is 0 Å². The fraction of sp³-hybridized carbons (Fsp3) is 0.605. The van der Waals surface area contributed by atoms with Crippen LogP contribution >= 0.6 is 0 Å². The summed E-state index contributed by atoms with van der Waals surface area (Å²) in [6, 6.07) is 17.4. The van der Waals surface area contributed by atoms with Crippen LogP contribution in [0.25, 0.3) is 22.5 Å². The average Bonchev–Trinajstić information content (AvgIpc) is 3.82. The van der Waals surface area contributed by atoms with Crippen LogP contribution in [0.4, 0.5) is 0 Å². The molecule has 0 amide bonds. The molecule has 0 saturated heterocycles. The summed E-state index contributed by atoms with van der Waals surface area (Å²) in [4.78, 5) is 5.41. The number of hydrogen-bond acceptors (Lipinski definition) is 7. The molecular formula is C38H51N7O2. The lowest BCUT2D eigenvalue weighted by Gasteiger charge is -2.39. The number of ether oxygens (including phenoxy) is 2. The molecule has 0 atom stereocenters. The highest BCUT2D eigenvalue weighted by atomic mass is 16.7. The predicted molar refractivity (Wildman–Crippen MR) is 183 cm³/mol. The van der Waals surface area contributed by atoms with Crippen LogP contribution in [-0.2, 0) is 21.7 Å². The summed E-state index contributed by atoms with van der Waals surface area (Å²) in [6.07, 6.45) is 20.8. The first-order valence-electron chi connectivity index (χ1n) is 18.4. The Kier molecular flexibility index (Phi) is 10.4. The average molecular weight is 638 g/mol. The normalized spacial score (nSPS) is 18.9. The zero-order chi connectivity index (χ0) is 31.9. The van der Waals surface area contributed by atoms with E-state index in [-0.39, 0.29) is 12.2 Å². The number of benzene rings is 2. The minimum Gasteiger partial charge on any atom is -0.340 e. The summed E-state index contributed by atoms with van der Waals surface area (Å²) in [5.74, 6) is 1.55. The molecule has 2 aromatic heterocycles. The molecule has 0 spiro atoms. The summed E-state index contributed by atoms with van der Waals surface area (Å²) in [7, 11) is 0. The van der Waals surface area contributed by atoms with E-state index in [0.29, 0.717) is 18.3 Å². The van der Waals surface area contributed by atoms with E-state index in [4.69, 9.17) is 19.6 Å². The van der Waals surface area contributed by atoms with Crippen molar-refractivity contribution in [3.63, 3.8) is 0 Å². The standard InChI is InChI=1S/C38H51N7O2/c1-2-26-38(46-31-16-8-4-9-17-31,47-32-18-10-5-11-19-32)37-39-35(45(42-37)30-14-6-3-7-15-30)27-28-22-24-29(25-23-28)33-20-12-13-21-34(33)36-40-43-44-41-36/h12-13,20-25,30-32H,2-11,14-19,26-27H2,1H3,(H,40,41,43,44). The number of aromatic amines is 1. The molecule has 3 aliphatic carbocycles. The fourth-order valence-corrected chi connectivity index (χ4v) is 8.05. The molecule has 4 aromatic rings. The second-order valence-electron chi connectivity index (χ2n) is 14.0. The van der Waals surface area contributed by atoms with Gasteiger partial charge in [0.25, 0.3) is 0 Å². The Balaban J connectivity index is 1.22. The van der Waals surface area contributed by atoms with Crippen molar-refractivity contribution < 1.29 is 9.47 Å². The molecule has 47 heavy (non-hydrogen) atoms. The lowest BCUT2D eigenvalue weighted by atomic mass is 9.95. The van der Waals surface area contributed by atoms with Crippen molar-refractivity contribution in [2.45, 2.75) is 147 Å². The fourth-order valence-electron chi connectivity index (χ4n) is 8.05. The van der Waals surface area contributed by atoms with Gasteiger partial charge in [-0.3, -0.25) is 0 Å². The highest BCUT2D eigenvalue weighted by Crippen LogP contribution is 2.40. The minimum atomic E-state index is -0.892. The molecule has 9 heteroatoms. The number of hydrogen-bond donors (Lipinski definition) is 1. The van der Waals surface area contributed by atoms with Crippen LogP contribution in [0.2, 0.25) is 0 Å². The number of H-pyrrole nitrogens is 1. The van der Waals surface area contributed by atoms with Gasteiger partial charge in [-0.05, 0) is 65.6 Å². The summed E-state index contributed by atoms with van der Waals surface area (Å²) in [6.45, 7) is 2.24. The SMILES string of the molecule is CCCC(OC1CCCCC1)(OC1CCCCC1)c1nc(Cc2ccc(-c3ccccc3-c3nnn[nH]3)cc2)n(C2CCCCC2)n1. The maximum Gasteiger partial charge on any atom is 0.232 e. The van der Waals surface area contributed by atoms with Crippen LogP contribution in [0.3, 0.4) is 0 Å². The third-order valence-electron chi connectivity index (χ3n) is 10.5. The van der Waals surface area contributed by atoms with E-state index in [0.717, 1.165) is 79.7 Å².